The summed E-state index contributed by atoms with van der Waals surface area (Å²) < 4.78 is 0. The Morgan fingerprint density at radius 2 is 1.81 bits per heavy atom. The van der Waals surface area contributed by atoms with Gasteiger partial charge >= 0.3 is 5.97 Å². The van der Waals surface area contributed by atoms with Crippen molar-refractivity contribution in [2.45, 2.75) is 38.5 Å². The molecule has 1 saturated heterocycles. The zero-order valence-corrected chi connectivity index (χ0v) is 12.0. The van der Waals surface area contributed by atoms with Crippen LogP contribution in [-0.4, -0.2) is 40.0 Å². The number of hydrogen-bond acceptors (Lipinski definition) is 3. The van der Waals surface area contributed by atoms with Crippen molar-refractivity contribution in [1.29, 1.82) is 0 Å². The molecule has 1 aliphatic heterocycles. The van der Waals surface area contributed by atoms with E-state index in [2.05, 4.69) is 4.98 Å². The van der Waals surface area contributed by atoms with Gasteiger partial charge in [0.05, 0.1) is 0 Å². The predicted molar refractivity (Wildman–Crippen MR) is 77.2 cm³/mol. The molecule has 0 unspecified atom stereocenters. The molecule has 1 aromatic heterocycles. The fourth-order valence-corrected chi connectivity index (χ4v) is 3.67. The summed E-state index contributed by atoms with van der Waals surface area (Å²) in [5.41, 5.74) is 0.816. The zero-order valence-electron chi connectivity index (χ0n) is 12.0. The van der Waals surface area contributed by atoms with Gasteiger partial charge in [0.1, 0.15) is 5.69 Å². The smallest absolute Gasteiger partial charge is 0.354 e. The Labute approximate surface area is 124 Å². The maximum Gasteiger partial charge on any atom is 0.354 e. The Balaban J connectivity index is 1.69. The molecular formula is C16H20N2O3. The van der Waals surface area contributed by atoms with E-state index in [4.69, 9.17) is 5.11 Å². The third kappa shape index (κ3) is 2.77. The second kappa shape index (κ2) is 5.47. The largest absolute Gasteiger partial charge is 0.477 e. The van der Waals surface area contributed by atoms with Crippen molar-refractivity contribution >= 4 is 11.9 Å². The number of rotatable bonds is 2. The van der Waals surface area contributed by atoms with Crippen LogP contribution in [0.15, 0.2) is 18.3 Å². The van der Waals surface area contributed by atoms with Crippen molar-refractivity contribution in [3.8, 4) is 0 Å². The summed E-state index contributed by atoms with van der Waals surface area (Å²) in [6, 6.07) is 2.96. The van der Waals surface area contributed by atoms with E-state index in [1.165, 1.54) is 37.9 Å². The van der Waals surface area contributed by atoms with Gasteiger partial charge in [-0.15, -0.1) is 0 Å². The third-order valence-electron chi connectivity index (χ3n) is 5.00. The first-order valence-corrected chi connectivity index (χ1v) is 7.58. The van der Waals surface area contributed by atoms with Crippen LogP contribution in [0.1, 0.15) is 59.4 Å². The van der Waals surface area contributed by atoms with E-state index in [1.807, 2.05) is 4.90 Å². The van der Waals surface area contributed by atoms with Gasteiger partial charge in [0.25, 0.3) is 5.91 Å². The number of carbonyl (C=O) groups is 2. The number of pyridine rings is 1. The number of carboxylic acid groups (broad SMARTS) is 1. The lowest BCUT2D eigenvalue weighted by molar-refractivity contribution is 0.0587. The van der Waals surface area contributed by atoms with Crippen molar-refractivity contribution in [3.05, 3.63) is 29.6 Å². The Hall–Kier alpha value is -1.91. The standard InChI is InChI=1S/C16H20N2O3/c19-14(12-3-8-17-13(11-12)15(20)21)18-9-6-16(7-10-18)4-1-2-5-16/h3,8,11H,1-2,4-7,9-10H2,(H,20,21). The van der Waals surface area contributed by atoms with Crippen LogP contribution < -0.4 is 0 Å². The first-order valence-electron chi connectivity index (χ1n) is 7.58. The molecule has 3 rings (SSSR count). The van der Waals surface area contributed by atoms with Crippen molar-refractivity contribution in [3.63, 3.8) is 0 Å². The highest BCUT2D eigenvalue weighted by Crippen LogP contribution is 2.46. The molecule has 0 radical (unpaired) electrons. The molecule has 2 aliphatic rings. The number of piperidine rings is 1. The molecule has 1 spiro atoms. The average molecular weight is 288 g/mol. The number of amides is 1. The fraction of sp³-hybridized carbons (Fsp3) is 0.562. The zero-order chi connectivity index (χ0) is 14.9. The van der Waals surface area contributed by atoms with E-state index in [0.717, 1.165) is 25.9 Å². The minimum absolute atomic E-state index is 0.0762. The summed E-state index contributed by atoms with van der Waals surface area (Å²) in [5, 5.41) is 8.95. The second-order valence-electron chi connectivity index (χ2n) is 6.23. The van der Waals surface area contributed by atoms with Gasteiger partial charge in [0.2, 0.25) is 0 Å². The molecule has 1 aliphatic carbocycles. The Morgan fingerprint density at radius 1 is 1.14 bits per heavy atom. The molecule has 1 amide bonds. The van der Waals surface area contributed by atoms with E-state index in [0.29, 0.717) is 11.0 Å². The summed E-state index contributed by atoms with van der Waals surface area (Å²) in [7, 11) is 0. The van der Waals surface area contributed by atoms with Gasteiger partial charge in [-0.05, 0) is 43.2 Å². The van der Waals surface area contributed by atoms with Gasteiger partial charge in [-0.25, -0.2) is 9.78 Å². The van der Waals surface area contributed by atoms with Crippen LogP contribution in [-0.2, 0) is 0 Å². The number of hydrogen-bond donors (Lipinski definition) is 1. The first kappa shape index (κ1) is 14.0. The van der Waals surface area contributed by atoms with Crippen LogP contribution in [0.2, 0.25) is 0 Å². The molecular weight excluding hydrogens is 268 g/mol. The number of likely N-dealkylation sites (tertiary alicyclic amines) is 1. The van der Waals surface area contributed by atoms with Crippen molar-refractivity contribution in [1.82, 2.24) is 9.88 Å². The maximum absolute atomic E-state index is 12.5. The summed E-state index contributed by atoms with van der Waals surface area (Å²) in [6.45, 7) is 1.56. The van der Waals surface area contributed by atoms with Crippen LogP contribution in [0.3, 0.4) is 0 Å². The van der Waals surface area contributed by atoms with Crippen molar-refractivity contribution in [2.24, 2.45) is 5.41 Å². The molecule has 5 nitrogen and oxygen atoms in total. The molecule has 112 valence electrons. The molecule has 21 heavy (non-hydrogen) atoms. The lowest BCUT2D eigenvalue weighted by atomic mass is 9.77. The predicted octanol–water partition coefficient (Wildman–Crippen LogP) is 2.58. The minimum atomic E-state index is -1.10. The summed E-state index contributed by atoms with van der Waals surface area (Å²) in [6.07, 6.45) is 8.78. The van der Waals surface area contributed by atoms with Gasteiger partial charge in [-0.1, -0.05) is 12.8 Å². The van der Waals surface area contributed by atoms with E-state index in [9.17, 15) is 9.59 Å². The molecule has 1 N–H and O–H groups in total. The van der Waals surface area contributed by atoms with Gasteiger partial charge in [0.15, 0.2) is 0 Å². The molecule has 1 aromatic rings. The lowest BCUT2D eigenvalue weighted by Gasteiger charge is -2.39. The van der Waals surface area contributed by atoms with Crippen LogP contribution >= 0.6 is 0 Å². The summed E-state index contributed by atoms with van der Waals surface area (Å²) in [4.78, 5) is 29.0. The first-order chi connectivity index (χ1) is 10.1. The lowest BCUT2D eigenvalue weighted by Crippen LogP contribution is -2.42. The van der Waals surface area contributed by atoms with Crippen LogP contribution in [0, 0.1) is 5.41 Å². The normalized spacial score (nSPS) is 20.7. The van der Waals surface area contributed by atoms with E-state index >= 15 is 0 Å². The Morgan fingerprint density at radius 3 is 2.43 bits per heavy atom. The Bertz CT molecular complexity index is 554. The van der Waals surface area contributed by atoms with Crippen molar-refractivity contribution in [2.75, 3.05) is 13.1 Å². The fourth-order valence-electron chi connectivity index (χ4n) is 3.67. The molecule has 0 bridgehead atoms. The van der Waals surface area contributed by atoms with E-state index < -0.39 is 5.97 Å². The summed E-state index contributed by atoms with van der Waals surface area (Å²) in [5.74, 6) is -1.18. The number of aromatic nitrogens is 1. The molecule has 5 heteroatoms. The van der Waals surface area contributed by atoms with Gasteiger partial charge in [-0.2, -0.15) is 0 Å². The van der Waals surface area contributed by atoms with E-state index in [1.54, 1.807) is 6.07 Å². The SMILES string of the molecule is O=C(O)c1cc(C(=O)N2CCC3(CCCC3)CC2)ccn1. The maximum atomic E-state index is 12.5. The third-order valence-corrected chi connectivity index (χ3v) is 5.00. The van der Waals surface area contributed by atoms with Gasteiger partial charge in [0, 0.05) is 24.8 Å². The number of carboxylic acids is 1. The summed E-state index contributed by atoms with van der Waals surface area (Å²) >= 11 is 0. The van der Waals surface area contributed by atoms with E-state index in [-0.39, 0.29) is 11.6 Å². The quantitative estimate of drug-likeness (QED) is 0.908. The minimum Gasteiger partial charge on any atom is -0.477 e. The molecule has 0 aromatic carbocycles. The van der Waals surface area contributed by atoms with Crippen LogP contribution in [0.25, 0.3) is 0 Å². The molecule has 2 heterocycles. The van der Waals surface area contributed by atoms with Crippen LogP contribution in [0.4, 0.5) is 0 Å². The number of carbonyl (C=O) groups excluding carboxylic acids is 1. The topological polar surface area (TPSA) is 70.5 Å². The molecule has 2 fully saturated rings. The van der Waals surface area contributed by atoms with Crippen molar-refractivity contribution < 1.29 is 14.7 Å². The monoisotopic (exact) mass is 288 g/mol. The Kier molecular flexibility index (Phi) is 3.66. The number of aromatic carboxylic acids is 1. The van der Waals surface area contributed by atoms with Gasteiger partial charge in [-0.3, -0.25) is 4.79 Å². The van der Waals surface area contributed by atoms with Crippen LogP contribution in [0.5, 0.6) is 0 Å². The molecule has 0 atom stereocenters. The highest BCUT2D eigenvalue weighted by molar-refractivity contribution is 5.96. The second-order valence-corrected chi connectivity index (χ2v) is 6.23. The van der Waals surface area contributed by atoms with Gasteiger partial charge < -0.3 is 10.0 Å². The number of nitrogens with zero attached hydrogens (tertiary/aromatic N) is 2. The highest BCUT2D eigenvalue weighted by Gasteiger charge is 2.38. The highest BCUT2D eigenvalue weighted by atomic mass is 16.4. The molecule has 1 saturated carbocycles. The average Bonchev–Trinajstić information content (AvgIpc) is 2.96.